The molecule has 0 atom stereocenters. The first-order chi connectivity index (χ1) is 9.25. The zero-order valence-electron chi connectivity index (χ0n) is 13.1. The van der Waals surface area contributed by atoms with E-state index in [4.69, 9.17) is 4.98 Å². The van der Waals surface area contributed by atoms with E-state index >= 15 is 0 Å². The van der Waals surface area contributed by atoms with Crippen LogP contribution in [0, 0.1) is 0 Å². The summed E-state index contributed by atoms with van der Waals surface area (Å²) in [6, 6.07) is 2.15. The number of pyridine rings is 1. The molecule has 0 unspecified atom stereocenters. The van der Waals surface area contributed by atoms with Crippen LogP contribution >= 0.6 is 0 Å². The molecular formula is C16H23N3O. The number of nitrogens with zero attached hydrogens (tertiary/aromatic N) is 1. The second kappa shape index (κ2) is 4.93. The van der Waals surface area contributed by atoms with Gasteiger partial charge < -0.3 is 10.3 Å². The summed E-state index contributed by atoms with van der Waals surface area (Å²) in [5.41, 5.74) is 4.51. The van der Waals surface area contributed by atoms with Crippen LogP contribution < -0.4 is 5.32 Å². The number of H-pyrrole nitrogens is 1. The maximum absolute atomic E-state index is 12.0. The molecule has 0 saturated carbocycles. The first-order valence-corrected chi connectivity index (χ1v) is 7.00. The van der Waals surface area contributed by atoms with Crippen molar-refractivity contribution in [3.8, 4) is 0 Å². The third kappa shape index (κ3) is 2.42. The zero-order valence-corrected chi connectivity index (χ0v) is 13.1. The third-order valence-corrected chi connectivity index (χ3v) is 3.53. The molecule has 1 amide bonds. The molecule has 0 fully saturated rings. The third-order valence-electron chi connectivity index (χ3n) is 3.53. The number of carbonyl (C=O) groups is 1. The summed E-state index contributed by atoms with van der Waals surface area (Å²) in [6.45, 7) is 10.7. The molecule has 108 valence electrons. The molecule has 0 bridgehead atoms. The van der Waals surface area contributed by atoms with Gasteiger partial charge in [-0.1, -0.05) is 34.6 Å². The van der Waals surface area contributed by atoms with Gasteiger partial charge in [0, 0.05) is 24.4 Å². The van der Waals surface area contributed by atoms with E-state index in [2.05, 4.69) is 51.0 Å². The van der Waals surface area contributed by atoms with E-state index < -0.39 is 0 Å². The average molecular weight is 273 g/mol. The average Bonchev–Trinajstić information content (AvgIpc) is 2.79. The van der Waals surface area contributed by atoms with Gasteiger partial charge in [0.2, 0.25) is 0 Å². The lowest BCUT2D eigenvalue weighted by molar-refractivity contribution is 0.0964. The van der Waals surface area contributed by atoms with Crippen molar-refractivity contribution in [1.29, 1.82) is 0 Å². The minimum absolute atomic E-state index is 0.0466. The Balaban J connectivity index is 2.79. The number of rotatable bonds is 2. The van der Waals surface area contributed by atoms with Gasteiger partial charge in [0.15, 0.2) is 0 Å². The smallest absolute Gasteiger partial charge is 0.254 e. The first-order valence-electron chi connectivity index (χ1n) is 7.00. The minimum Gasteiger partial charge on any atom is -0.359 e. The molecule has 0 aliphatic carbocycles. The number of aromatic amines is 1. The Morgan fingerprint density at radius 2 is 2.00 bits per heavy atom. The number of hydrogen-bond acceptors (Lipinski definition) is 2. The molecule has 0 radical (unpaired) electrons. The van der Waals surface area contributed by atoms with Gasteiger partial charge in [-0.15, -0.1) is 0 Å². The van der Waals surface area contributed by atoms with Gasteiger partial charge >= 0.3 is 0 Å². The van der Waals surface area contributed by atoms with Gasteiger partial charge in [0.05, 0.1) is 11.1 Å². The first kappa shape index (κ1) is 14.6. The van der Waals surface area contributed by atoms with Crippen LogP contribution in [-0.4, -0.2) is 22.9 Å². The number of aromatic nitrogens is 2. The summed E-state index contributed by atoms with van der Waals surface area (Å²) in [5, 5.41) is 2.67. The second-order valence-corrected chi connectivity index (χ2v) is 6.51. The summed E-state index contributed by atoms with van der Waals surface area (Å²) in [4.78, 5) is 19.9. The number of amides is 1. The van der Waals surface area contributed by atoms with Gasteiger partial charge in [0.25, 0.3) is 5.91 Å². The van der Waals surface area contributed by atoms with Gasteiger partial charge in [-0.2, -0.15) is 0 Å². The van der Waals surface area contributed by atoms with E-state index in [1.807, 2.05) is 0 Å². The predicted octanol–water partition coefficient (Wildman–Crippen LogP) is 3.34. The standard InChI is InChI=1S/C16H23N3O/c1-9(2)10-7-12(16(3,4)5)19-14-11(15(20)17-6)8-18-13(10)14/h7-9,18H,1-6H3,(H,17,20). The van der Waals surface area contributed by atoms with Gasteiger partial charge in [-0.05, 0) is 17.5 Å². The monoisotopic (exact) mass is 273 g/mol. The van der Waals surface area contributed by atoms with Crippen molar-refractivity contribution in [2.24, 2.45) is 0 Å². The molecule has 2 heterocycles. The van der Waals surface area contributed by atoms with Gasteiger partial charge in [0.1, 0.15) is 5.52 Å². The SMILES string of the molecule is CNC(=O)c1c[nH]c2c(C(C)C)cc(C(C)(C)C)nc12. The van der Waals surface area contributed by atoms with E-state index in [1.54, 1.807) is 13.2 Å². The molecule has 0 aliphatic heterocycles. The summed E-state index contributed by atoms with van der Waals surface area (Å²) < 4.78 is 0. The van der Waals surface area contributed by atoms with Crippen molar-refractivity contribution in [3.63, 3.8) is 0 Å². The quantitative estimate of drug-likeness (QED) is 0.881. The summed E-state index contributed by atoms with van der Waals surface area (Å²) in [6.07, 6.45) is 1.74. The lowest BCUT2D eigenvalue weighted by Crippen LogP contribution is -2.18. The molecule has 2 rings (SSSR count). The van der Waals surface area contributed by atoms with Crippen molar-refractivity contribution in [1.82, 2.24) is 15.3 Å². The topological polar surface area (TPSA) is 57.8 Å². The molecular weight excluding hydrogens is 250 g/mol. The molecule has 20 heavy (non-hydrogen) atoms. The van der Waals surface area contributed by atoms with E-state index in [9.17, 15) is 4.79 Å². The van der Waals surface area contributed by atoms with Gasteiger partial charge in [-0.3, -0.25) is 4.79 Å². The Kier molecular flexibility index (Phi) is 3.59. The predicted molar refractivity (Wildman–Crippen MR) is 82.3 cm³/mol. The number of nitrogens with one attached hydrogen (secondary N) is 2. The lowest BCUT2D eigenvalue weighted by atomic mass is 9.88. The molecule has 0 aromatic carbocycles. The van der Waals surface area contributed by atoms with Crippen LogP contribution in [0.5, 0.6) is 0 Å². The van der Waals surface area contributed by atoms with E-state index in [1.165, 1.54) is 5.56 Å². The van der Waals surface area contributed by atoms with Gasteiger partial charge in [-0.25, -0.2) is 4.98 Å². The highest BCUT2D eigenvalue weighted by molar-refractivity contribution is 6.05. The Labute approximate surface area is 120 Å². The Hall–Kier alpha value is -1.84. The Morgan fingerprint density at radius 3 is 2.50 bits per heavy atom. The molecule has 4 nitrogen and oxygen atoms in total. The minimum atomic E-state index is -0.107. The molecule has 0 aliphatic rings. The fourth-order valence-electron chi connectivity index (χ4n) is 2.27. The molecule has 0 saturated heterocycles. The summed E-state index contributed by atoms with van der Waals surface area (Å²) >= 11 is 0. The van der Waals surface area contributed by atoms with Crippen molar-refractivity contribution in [2.75, 3.05) is 7.05 Å². The summed E-state index contributed by atoms with van der Waals surface area (Å²) in [7, 11) is 1.64. The maximum atomic E-state index is 12.0. The highest BCUT2D eigenvalue weighted by Gasteiger charge is 2.22. The van der Waals surface area contributed by atoms with Crippen molar-refractivity contribution in [3.05, 3.63) is 29.1 Å². The van der Waals surface area contributed by atoms with Crippen LogP contribution in [0.2, 0.25) is 0 Å². The van der Waals surface area contributed by atoms with E-state index in [0.717, 1.165) is 16.7 Å². The maximum Gasteiger partial charge on any atom is 0.254 e. The summed E-state index contributed by atoms with van der Waals surface area (Å²) in [5.74, 6) is 0.266. The van der Waals surface area contributed by atoms with Crippen LogP contribution in [-0.2, 0) is 5.41 Å². The molecule has 0 spiro atoms. The molecule has 2 N–H and O–H groups in total. The van der Waals surface area contributed by atoms with Crippen LogP contribution in [0.15, 0.2) is 12.3 Å². The fraction of sp³-hybridized carbons (Fsp3) is 0.500. The molecule has 2 aromatic rings. The van der Waals surface area contributed by atoms with E-state index in [0.29, 0.717) is 11.5 Å². The molecule has 4 heteroatoms. The normalized spacial score (nSPS) is 12.2. The van der Waals surface area contributed by atoms with Crippen LogP contribution in [0.3, 0.4) is 0 Å². The fourth-order valence-corrected chi connectivity index (χ4v) is 2.27. The largest absolute Gasteiger partial charge is 0.359 e. The molecule has 2 aromatic heterocycles. The van der Waals surface area contributed by atoms with Crippen molar-refractivity contribution >= 4 is 16.9 Å². The zero-order chi connectivity index (χ0) is 15.1. The lowest BCUT2D eigenvalue weighted by Gasteiger charge is -2.20. The Bertz CT molecular complexity index is 648. The number of hydrogen-bond donors (Lipinski definition) is 2. The van der Waals surface area contributed by atoms with E-state index in [-0.39, 0.29) is 11.3 Å². The number of fused-ring (bicyclic) bond motifs is 1. The van der Waals surface area contributed by atoms with Crippen LogP contribution in [0.1, 0.15) is 62.2 Å². The van der Waals surface area contributed by atoms with Crippen LogP contribution in [0.4, 0.5) is 0 Å². The highest BCUT2D eigenvalue weighted by Crippen LogP contribution is 2.31. The van der Waals surface area contributed by atoms with Crippen molar-refractivity contribution < 1.29 is 4.79 Å². The van der Waals surface area contributed by atoms with Crippen molar-refractivity contribution in [2.45, 2.75) is 46.0 Å². The highest BCUT2D eigenvalue weighted by atomic mass is 16.1. The Morgan fingerprint density at radius 1 is 1.35 bits per heavy atom. The number of carbonyl (C=O) groups excluding carboxylic acids is 1. The second-order valence-electron chi connectivity index (χ2n) is 6.51. The van der Waals surface area contributed by atoms with Crippen LogP contribution in [0.25, 0.3) is 11.0 Å².